The number of benzene rings is 1. The summed E-state index contributed by atoms with van der Waals surface area (Å²) in [6.07, 6.45) is 2.00. The lowest BCUT2D eigenvalue weighted by molar-refractivity contribution is -0.121. The lowest BCUT2D eigenvalue weighted by atomic mass is 10.3. The molecule has 0 spiro atoms. The van der Waals surface area contributed by atoms with Crippen molar-refractivity contribution in [3.05, 3.63) is 29.0 Å². The van der Waals surface area contributed by atoms with Gasteiger partial charge in [0.25, 0.3) is 0 Å². The standard InChI is InChI=1S/C15H19Cl2N3O/c1-2-9-18-14(21)7-10-20-13(6-8-16)19-12-5-3-4-11(17)15(12)20/h3-5H,2,6-10H2,1H3,(H,18,21). The Bertz CT molecular complexity index is 625. The maximum atomic E-state index is 11.8. The van der Waals surface area contributed by atoms with Crippen LogP contribution in [0.1, 0.15) is 25.6 Å². The van der Waals surface area contributed by atoms with Crippen LogP contribution in [0.25, 0.3) is 11.0 Å². The van der Waals surface area contributed by atoms with Crippen LogP contribution in [0.15, 0.2) is 18.2 Å². The van der Waals surface area contributed by atoms with Crippen LogP contribution in [-0.2, 0) is 17.8 Å². The maximum absolute atomic E-state index is 11.8. The predicted octanol–water partition coefficient (Wildman–Crippen LogP) is 3.39. The van der Waals surface area contributed by atoms with E-state index in [1.807, 2.05) is 29.7 Å². The normalized spacial score (nSPS) is 11.0. The van der Waals surface area contributed by atoms with Crippen LogP contribution in [0, 0.1) is 0 Å². The van der Waals surface area contributed by atoms with E-state index < -0.39 is 0 Å². The summed E-state index contributed by atoms with van der Waals surface area (Å²) >= 11 is 12.1. The van der Waals surface area contributed by atoms with Gasteiger partial charge in [0.05, 0.1) is 16.1 Å². The number of halogens is 2. The highest BCUT2D eigenvalue weighted by atomic mass is 35.5. The van der Waals surface area contributed by atoms with Crippen LogP contribution in [0.4, 0.5) is 0 Å². The summed E-state index contributed by atoms with van der Waals surface area (Å²) in [7, 11) is 0. The van der Waals surface area contributed by atoms with Crippen molar-refractivity contribution in [1.29, 1.82) is 0 Å². The van der Waals surface area contributed by atoms with E-state index in [0.717, 1.165) is 23.3 Å². The number of aromatic nitrogens is 2. The van der Waals surface area contributed by atoms with E-state index in [4.69, 9.17) is 23.2 Å². The lowest BCUT2D eigenvalue weighted by Gasteiger charge is -2.09. The van der Waals surface area contributed by atoms with Crippen molar-refractivity contribution in [1.82, 2.24) is 14.9 Å². The highest BCUT2D eigenvalue weighted by molar-refractivity contribution is 6.35. The van der Waals surface area contributed by atoms with Gasteiger partial charge in [0, 0.05) is 31.8 Å². The summed E-state index contributed by atoms with van der Waals surface area (Å²) in [5, 5.41) is 3.53. The maximum Gasteiger partial charge on any atom is 0.221 e. The van der Waals surface area contributed by atoms with E-state index >= 15 is 0 Å². The average Bonchev–Trinajstić information content (AvgIpc) is 2.82. The molecule has 0 radical (unpaired) electrons. The first-order valence-electron chi connectivity index (χ1n) is 7.13. The molecule has 0 fully saturated rings. The Hall–Kier alpha value is -1.26. The second-order valence-corrected chi connectivity index (χ2v) is 5.61. The van der Waals surface area contributed by atoms with Gasteiger partial charge in [-0.15, -0.1) is 11.6 Å². The number of hydrogen-bond donors (Lipinski definition) is 1. The molecule has 0 aliphatic heterocycles. The number of hydrogen-bond acceptors (Lipinski definition) is 2. The van der Waals surface area contributed by atoms with Gasteiger partial charge >= 0.3 is 0 Å². The van der Waals surface area contributed by atoms with Crippen LogP contribution in [-0.4, -0.2) is 27.9 Å². The Kier molecular flexibility index (Phi) is 5.88. The molecule has 0 unspecified atom stereocenters. The number of para-hydroxylation sites is 1. The zero-order valence-corrected chi connectivity index (χ0v) is 13.5. The van der Waals surface area contributed by atoms with E-state index in [9.17, 15) is 4.79 Å². The number of fused-ring (bicyclic) bond motifs is 1. The molecular weight excluding hydrogens is 309 g/mol. The molecule has 0 aliphatic rings. The monoisotopic (exact) mass is 327 g/mol. The molecule has 114 valence electrons. The third kappa shape index (κ3) is 3.89. The van der Waals surface area contributed by atoms with Gasteiger partial charge in [-0.2, -0.15) is 0 Å². The van der Waals surface area contributed by atoms with E-state index in [2.05, 4.69) is 10.3 Å². The van der Waals surface area contributed by atoms with Crippen molar-refractivity contribution >= 4 is 40.1 Å². The van der Waals surface area contributed by atoms with Crippen LogP contribution < -0.4 is 5.32 Å². The third-order valence-electron chi connectivity index (χ3n) is 3.25. The van der Waals surface area contributed by atoms with Gasteiger partial charge < -0.3 is 9.88 Å². The molecule has 1 aromatic heterocycles. The smallest absolute Gasteiger partial charge is 0.221 e. The molecule has 1 aromatic carbocycles. The molecule has 0 bridgehead atoms. The number of carbonyl (C=O) groups is 1. The molecule has 0 saturated carbocycles. The molecule has 1 N–H and O–H groups in total. The number of imidazole rings is 1. The molecule has 2 rings (SSSR count). The van der Waals surface area contributed by atoms with Crippen molar-refractivity contribution < 1.29 is 4.79 Å². The van der Waals surface area contributed by atoms with Crippen molar-refractivity contribution in [3.8, 4) is 0 Å². The summed E-state index contributed by atoms with van der Waals surface area (Å²) in [5.41, 5.74) is 1.72. The Labute approximate surface area is 134 Å². The fourth-order valence-corrected chi connectivity index (χ4v) is 2.71. The summed E-state index contributed by atoms with van der Waals surface area (Å²) < 4.78 is 2.01. The number of rotatable bonds is 7. The number of alkyl halides is 1. The summed E-state index contributed by atoms with van der Waals surface area (Å²) in [6.45, 7) is 3.29. The van der Waals surface area contributed by atoms with E-state index in [1.165, 1.54) is 0 Å². The quantitative estimate of drug-likeness (QED) is 0.792. The van der Waals surface area contributed by atoms with Crippen LogP contribution in [0.2, 0.25) is 5.02 Å². The van der Waals surface area contributed by atoms with Crippen LogP contribution in [0.3, 0.4) is 0 Å². The highest BCUT2D eigenvalue weighted by Crippen LogP contribution is 2.25. The van der Waals surface area contributed by atoms with Crippen molar-refractivity contribution in [2.24, 2.45) is 0 Å². The van der Waals surface area contributed by atoms with Gasteiger partial charge in [-0.05, 0) is 18.6 Å². The average molecular weight is 328 g/mol. The van der Waals surface area contributed by atoms with Gasteiger partial charge in [-0.3, -0.25) is 4.79 Å². The van der Waals surface area contributed by atoms with Gasteiger partial charge in [0.2, 0.25) is 5.91 Å². The summed E-state index contributed by atoms with van der Waals surface area (Å²) in [5.74, 6) is 1.40. The zero-order chi connectivity index (χ0) is 15.2. The Morgan fingerprint density at radius 2 is 2.24 bits per heavy atom. The Balaban J connectivity index is 2.23. The molecule has 1 amide bonds. The Morgan fingerprint density at radius 1 is 1.43 bits per heavy atom. The number of nitrogens with one attached hydrogen (secondary N) is 1. The summed E-state index contributed by atoms with van der Waals surface area (Å²) in [6, 6.07) is 5.64. The van der Waals surface area contributed by atoms with Gasteiger partial charge in [-0.25, -0.2) is 4.98 Å². The second kappa shape index (κ2) is 7.66. The molecule has 0 aliphatic carbocycles. The molecule has 2 aromatic rings. The van der Waals surface area contributed by atoms with Crippen LogP contribution in [0.5, 0.6) is 0 Å². The molecule has 0 saturated heterocycles. The van der Waals surface area contributed by atoms with Crippen molar-refractivity contribution in [2.45, 2.75) is 32.7 Å². The number of aryl methyl sites for hydroxylation is 2. The fraction of sp³-hybridized carbons (Fsp3) is 0.467. The molecule has 6 heteroatoms. The fourth-order valence-electron chi connectivity index (χ4n) is 2.27. The number of nitrogens with zero attached hydrogens (tertiary/aromatic N) is 2. The molecule has 1 heterocycles. The van der Waals surface area contributed by atoms with E-state index in [-0.39, 0.29) is 5.91 Å². The SMILES string of the molecule is CCCNC(=O)CCn1c(CCCl)nc2cccc(Cl)c21. The van der Waals surface area contributed by atoms with Crippen molar-refractivity contribution in [2.75, 3.05) is 12.4 Å². The van der Waals surface area contributed by atoms with Crippen LogP contribution >= 0.6 is 23.2 Å². The van der Waals surface area contributed by atoms with E-state index in [0.29, 0.717) is 36.8 Å². The molecule has 4 nitrogen and oxygen atoms in total. The Morgan fingerprint density at radius 3 is 2.95 bits per heavy atom. The topological polar surface area (TPSA) is 46.9 Å². The first kappa shape index (κ1) is 16.1. The zero-order valence-electron chi connectivity index (χ0n) is 12.0. The largest absolute Gasteiger partial charge is 0.356 e. The molecule has 0 atom stereocenters. The lowest BCUT2D eigenvalue weighted by Crippen LogP contribution is -2.25. The van der Waals surface area contributed by atoms with Gasteiger partial charge in [0.15, 0.2) is 0 Å². The van der Waals surface area contributed by atoms with Gasteiger partial charge in [0.1, 0.15) is 5.82 Å². The number of carbonyl (C=O) groups excluding carboxylic acids is 1. The predicted molar refractivity (Wildman–Crippen MR) is 87.1 cm³/mol. The molecular formula is C15H19Cl2N3O. The minimum Gasteiger partial charge on any atom is -0.356 e. The minimum atomic E-state index is 0.0441. The molecule has 21 heavy (non-hydrogen) atoms. The first-order chi connectivity index (χ1) is 10.2. The number of amides is 1. The van der Waals surface area contributed by atoms with E-state index in [1.54, 1.807) is 0 Å². The van der Waals surface area contributed by atoms with Gasteiger partial charge in [-0.1, -0.05) is 24.6 Å². The minimum absolute atomic E-state index is 0.0441. The summed E-state index contributed by atoms with van der Waals surface area (Å²) in [4.78, 5) is 16.3. The van der Waals surface area contributed by atoms with Crippen molar-refractivity contribution in [3.63, 3.8) is 0 Å². The third-order valence-corrected chi connectivity index (χ3v) is 3.74. The first-order valence-corrected chi connectivity index (χ1v) is 8.05. The second-order valence-electron chi connectivity index (χ2n) is 4.83. The highest BCUT2D eigenvalue weighted by Gasteiger charge is 2.14.